The van der Waals surface area contributed by atoms with Crippen molar-refractivity contribution in [3.63, 3.8) is 0 Å². The molecule has 0 fully saturated rings. The number of aryl methyl sites for hydroxylation is 1. The molecule has 0 aliphatic rings. The molecule has 10 heteroatoms. The van der Waals surface area contributed by atoms with Crippen LogP contribution in [0.5, 0.6) is 0 Å². The van der Waals surface area contributed by atoms with Crippen LogP contribution in [0.2, 0.25) is 0 Å². The van der Waals surface area contributed by atoms with Gasteiger partial charge in [-0.3, -0.25) is 20.3 Å². The van der Waals surface area contributed by atoms with E-state index in [2.05, 4.69) is 0 Å². The van der Waals surface area contributed by atoms with Crippen molar-refractivity contribution in [3.8, 4) is 0 Å². The molecule has 0 bridgehead atoms. The van der Waals surface area contributed by atoms with Gasteiger partial charge in [0.1, 0.15) is 5.82 Å². The van der Waals surface area contributed by atoms with E-state index in [1.165, 1.54) is 38.1 Å². The first-order valence-corrected chi connectivity index (χ1v) is 8.44. The lowest BCUT2D eigenvalue weighted by Crippen LogP contribution is -2.42. The number of hydrogen-bond acceptors (Lipinski definition) is 5. The van der Waals surface area contributed by atoms with Crippen LogP contribution in [0.4, 0.5) is 10.1 Å². The maximum atomic E-state index is 13.5. The van der Waals surface area contributed by atoms with Gasteiger partial charge in [0.25, 0.3) is 21.6 Å². The topological polar surface area (TPSA) is 118 Å². The summed E-state index contributed by atoms with van der Waals surface area (Å²) in [6.07, 6.45) is 0. The lowest BCUT2D eigenvalue weighted by molar-refractivity contribution is -0.385. The smallest absolute Gasteiger partial charge is 0.271 e. The zero-order valence-corrected chi connectivity index (χ0v) is 14.1. The van der Waals surface area contributed by atoms with E-state index in [1.807, 2.05) is 10.3 Å². The van der Waals surface area contributed by atoms with Gasteiger partial charge in [0.15, 0.2) is 0 Å². The van der Waals surface area contributed by atoms with Crippen molar-refractivity contribution in [3.05, 3.63) is 69.0 Å². The quantitative estimate of drug-likeness (QED) is 0.619. The number of nitro benzene ring substituents is 1. The third-order valence-electron chi connectivity index (χ3n) is 3.52. The molecule has 2 aromatic rings. The largest absolute Gasteiger partial charge is 0.273 e. The van der Waals surface area contributed by atoms with Crippen LogP contribution in [-0.2, 0) is 10.0 Å². The Kier molecular flexibility index (Phi) is 5.14. The van der Waals surface area contributed by atoms with Gasteiger partial charge in [-0.1, -0.05) is 12.1 Å². The molecule has 0 heterocycles. The van der Waals surface area contributed by atoms with Crippen molar-refractivity contribution < 1.29 is 22.5 Å². The van der Waals surface area contributed by atoms with Crippen molar-refractivity contribution in [1.82, 2.24) is 10.3 Å². The van der Waals surface area contributed by atoms with Crippen molar-refractivity contribution in [2.75, 3.05) is 0 Å². The Morgan fingerprint density at radius 2 is 1.84 bits per heavy atom. The van der Waals surface area contributed by atoms with Crippen LogP contribution in [0.3, 0.4) is 0 Å². The average Bonchev–Trinajstić information content (AvgIpc) is 2.55. The van der Waals surface area contributed by atoms with Gasteiger partial charge < -0.3 is 0 Å². The molecular formula is C15H14FN3O5S. The van der Waals surface area contributed by atoms with Gasteiger partial charge in [-0.05, 0) is 37.1 Å². The lowest BCUT2D eigenvalue weighted by Gasteiger charge is -2.12. The Morgan fingerprint density at radius 1 is 1.20 bits per heavy atom. The molecule has 0 radical (unpaired) electrons. The maximum Gasteiger partial charge on any atom is 0.271 e. The number of carbonyl (C=O) groups is 1. The number of benzene rings is 2. The number of sulfonamides is 1. The van der Waals surface area contributed by atoms with E-state index in [-0.39, 0.29) is 10.5 Å². The average molecular weight is 367 g/mol. The fraction of sp³-hybridized carbons (Fsp3) is 0.133. The minimum Gasteiger partial charge on any atom is -0.273 e. The Labute approximate surface area is 142 Å². The third-order valence-corrected chi connectivity index (χ3v) is 4.90. The first-order chi connectivity index (χ1) is 11.6. The molecule has 1 amide bonds. The molecule has 0 aliphatic carbocycles. The predicted molar refractivity (Wildman–Crippen MR) is 86.8 cm³/mol. The van der Waals surface area contributed by atoms with E-state index in [4.69, 9.17) is 0 Å². The van der Waals surface area contributed by atoms with E-state index in [0.29, 0.717) is 11.1 Å². The van der Waals surface area contributed by atoms with Crippen LogP contribution in [0, 0.1) is 29.8 Å². The van der Waals surface area contributed by atoms with E-state index >= 15 is 0 Å². The number of hydrazine groups is 1. The second-order valence-electron chi connectivity index (χ2n) is 5.18. The van der Waals surface area contributed by atoms with E-state index in [1.54, 1.807) is 0 Å². The fourth-order valence-corrected chi connectivity index (χ4v) is 3.25. The van der Waals surface area contributed by atoms with Crippen molar-refractivity contribution in [2.24, 2.45) is 0 Å². The minimum atomic E-state index is -4.29. The van der Waals surface area contributed by atoms with Gasteiger partial charge in [-0.25, -0.2) is 12.8 Å². The van der Waals surface area contributed by atoms with Crippen LogP contribution < -0.4 is 10.3 Å². The minimum absolute atomic E-state index is 0.290. The van der Waals surface area contributed by atoms with Crippen LogP contribution >= 0.6 is 0 Å². The van der Waals surface area contributed by atoms with Crippen LogP contribution in [0.25, 0.3) is 0 Å². The van der Waals surface area contributed by atoms with Gasteiger partial charge >= 0.3 is 0 Å². The number of hydrogen-bond donors (Lipinski definition) is 2. The standard InChI is InChI=1S/C15H14FN3O5S/c1-9-7-11(19(21)22)8-14(10(9)2)25(23,24)18-17-15(20)12-5-3-4-6-13(12)16/h3-8,18H,1-2H3,(H,17,20). The summed E-state index contributed by atoms with van der Waals surface area (Å²) >= 11 is 0. The second kappa shape index (κ2) is 6.95. The van der Waals surface area contributed by atoms with Crippen LogP contribution in [-0.4, -0.2) is 19.2 Å². The third kappa shape index (κ3) is 3.98. The zero-order valence-electron chi connectivity index (χ0n) is 13.2. The highest BCUT2D eigenvalue weighted by Gasteiger charge is 2.23. The number of rotatable bonds is 5. The van der Waals surface area contributed by atoms with Crippen LogP contribution in [0.15, 0.2) is 41.3 Å². The first kappa shape index (κ1) is 18.5. The summed E-state index contributed by atoms with van der Waals surface area (Å²) in [7, 11) is -4.29. The van der Waals surface area contributed by atoms with Crippen molar-refractivity contribution in [2.45, 2.75) is 18.7 Å². The summed E-state index contributed by atoms with van der Waals surface area (Å²) in [6.45, 7) is 3.01. The molecule has 2 aromatic carbocycles. The summed E-state index contributed by atoms with van der Waals surface area (Å²) in [6, 6.07) is 7.16. The molecule has 25 heavy (non-hydrogen) atoms. The number of carbonyl (C=O) groups excluding carboxylic acids is 1. The SMILES string of the molecule is Cc1cc([N+](=O)[O-])cc(S(=O)(=O)NNC(=O)c2ccccc2F)c1C. The molecule has 0 aromatic heterocycles. The first-order valence-electron chi connectivity index (χ1n) is 6.96. The van der Waals surface area contributed by atoms with Crippen molar-refractivity contribution >= 4 is 21.6 Å². The molecule has 0 atom stereocenters. The van der Waals surface area contributed by atoms with Gasteiger partial charge in [0.2, 0.25) is 0 Å². The fourth-order valence-electron chi connectivity index (χ4n) is 2.07. The zero-order chi connectivity index (χ0) is 18.8. The number of nitrogens with one attached hydrogen (secondary N) is 2. The Morgan fingerprint density at radius 3 is 2.44 bits per heavy atom. The van der Waals surface area contributed by atoms with E-state index in [0.717, 1.165) is 12.1 Å². The Hall–Kier alpha value is -2.85. The molecule has 132 valence electrons. The highest BCUT2D eigenvalue weighted by molar-refractivity contribution is 7.89. The van der Waals surface area contributed by atoms with E-state index < -0.39 is 32.4 Å². The highest BCUT2D eigenvalue weighted by Crippen LogP contribution is 2.25. The van der Waals surface area contributed by atoms with Crippen molar-refractivity contribution in [1.29, 1.82) is 0 Å². The summed E-state index contributed by atoms with van der Waals surface area (Å²) in [5, 5.41) is 10.9. The van der Waals surface area contributed by atoms with Gasteiger partial charge in [0.05, 0.1) is 15.4 Å². The Bertz CT molecular complexity index is 960. The summed E-state index contributed by atoms with van der Waals surface area (Å²) in [5.74, 6) is -1.82. The number of halogens is 1. The summed E-state index contributed by atoms with van der Waals surface area (Å²) in [5.41, 5.74) is 1.83. The number of nitro groups is 1. The monoisotopic (exact) mass is 367 g/mol. The molecule has 8 nitrogen and oxygen atoms in total. The normalized spacial score (nSPS) is 11.2. The maximum absolute atomic E-state index is 13.5. The number of amides is 1. The predicted octanol–water partition coefficient (Wildman–Crippen LogP) is 1.97. The molecule has 0 unspecified atom stereocenters. The second-order valence-corrected chi connectivity index (χ2v) is 6.83. The molecule has 0 spiro atoms. The van der Waals surface area contributed by atoms with Gasteiger partial charge in [-0.15, -0.1) is 4.83 Å². The molecule has 2 N–H and O–H groups in total. The Balaban J connectivity index is 2.30. The van der Waals surface area contributed by atoms with E-state index in [9.17, 15) is 27.7 Å². The number of nitrogens with zero attached hydrogens (tertiary/aromatic N) is 1. The number of non-ortho nitro benzene ring substituents is 1. The molecule has 2 rings (SSSR count). The molecule has 0 aliphatic heterocycles. The molecule has 0 saturated carbocycles. The summed E-state index contributed by atoms with van der Waals surface area (Å²) < 4.78 is 38.2. The summed E-state index contributed by atoms with van der Waals surface area (Å²) in [4.78, 5) is 23.5. The van der Waals surface area contributed by atoms with Gasteiger partial charge in [-0.2, -0.15) is 0 Å². The molecule has 0 saturated heterocycles. The molecular weight excluding hydrogens is 353 g/mol. The van der Waals surface area contributed by atoms with Crippen LogP contribution in [0.1, 0.15) is 21.5 Å². The highest BCUT2D eigenvalue weighted by atomic mass is 32.2. The lowest BCUT2D eigenvalue weighted by atomic mass is 10.1. The van der Waals surface area contributed by atoms with Gasteiger partial charge in [0, 0.05) is 12.1 Å².